The summed E-state index contributed by atoms with van der Waals surface area (Å²) in [5.74, 6) is -2.59. The van der Waals surface area contributed by atoms with E-state index in [1.165, 1.54) is 0 Å². The van der Waals surface area contributed by atoms with Crippen LogP contribution in [0.4, 0.5) is 0 Å². The lowest BCUT2D eigenvalue weighted by molar-refractivity contribution is -0.154. The molecule has 0 rings (SSSR count). The van der Waals surface area contributed by atoms with Gasteiger partial charge in [0.2, 0.25) is 11.7 Å². The summed E-state index contributed by atoms with van der Waals surface area (Å²) >= 11 is 0. The van der Waals surface area contributed by atoms with E-state index in [0.717, 1.165) is 0 Å². The Kier molecular flexibility index (Phi) is 6.01. The van der Waals surface area contributed by atoms with Crippen LogP contribution in [0.5, 0.6) is 0 Å². The number of hydrogen-bond donors (Lipinski definition) is 1. The molecule has 0 fully saturated rings. The number of carbonyl (C=O) groups is 3. The molecule has 0 saturated heterocycles. The van der Waals surface area contributed by atoms with Crippen molar-refractivity contribution in [1.29, 1.82) is 0 Å². The van der Waals surface area contributed by atoms with Gasteiger partial charge >= 0.3 is 5.97 Å². The van der Waals surface area contributed by atoms with Gasteiger partial charge in [-0.1, -0.05) is 5.18 Å². The minimum atomic E-state index is -1.03. The zero-order valence-corrected chi connectivity index (χ0v) is 10.1. The van der Waals surface area contributed by atoms with Crippen molar-refractivity contribution in [2.75, 3.05) is 13.2 Å². The van der Waals surface area contributed by atoms with Crippen molar-refractivity contribution in [3.8, 4) is 0 Å². The molecule has 7 nitrogen and oxygen atoms in total. The number of nitrogens with one attached hydrogen (secondary N) is 1. The first-order valence-electron chi connectivity index (χ1n) is 5.12. The van der Waals surface area contributed by atoms with Crippen molar-refractivity contribution < 1.29 is 19.1 Å². The highest BCUT2D eigenvalue weighted by Gasteiger charge is 2.24. The quantitative estimate of drug-likeness (QED) is 0.297. The lowest BCUT2D eigenvalue weighted by atomic mass is 10.1. The maximum atomic E-state index is 11.4. The van der Waals surface area contributed by atoms with Crippen LogP contribution in [-0.2, 0) is 19.1 Å². The van der Waals surface area contributed by atoms with Crippen molar-refractivity contribution in [2.45, 2.75) is 32.7 Å². The Morgan fingerprint density at radius 2 is 1.88 bits per heavy atom. The van der Waals surface area contributed by atoms with Crippen molar-refractivity contribution in [3.05, 3.63) is 4.91 Å². The van der Waals surface area contributed by atoms with E-state index in [1.807, 2.05) is 0 Å². The molecule has 0 atom stereocenters. The molecule has 0 unspecified atom stereocenters. The molecule has 0 saturated carbocycles. The fourth-order valence-electron chi connectivity index (χ4n) is 1.05. The maximum Gasteiger partial charge on any atom is 0.375 e. The van der Waals surface area contributed by atoms with E-state index in [-0.39, 0.29) is 13.2 Å². The van der Waals surface area contributed by atoms with E-state index in [4.69, 9.17) is 0 Å². The summed E-state index contributed by atoms with van der Waals surface area (Å²) < 4.78 is 4.45. The first kappa shape index (κ1) is 15.2. The number of rotatable bonds is 7. The topological polar surface area (TPSA) is 102 Å². The minimum Gasteiger partial charge on any atom is -0.460 e. The largest absolute Gasteiger partial charge is 0.460 e. The normalized spacial score (nSPS) is 10.5. The molecule has 1 amide bonds. The molecular weight excluding hydrogens is 228 g/mol. The highest BCUT2D eigenvalue weighted by atomic mass is 16.5. The summed E-state index contributed by atoms with van der Waals surface area (Å²) in [5.41, 5.74) is -0.840. The zero-order valence-electron chi connectivity index (χ0n) is 10.1. The molecule has 0 aliphatic rings. The van der Waals surface area contributed by atoms with Crippen LogP contribution in [0.1, 0.15) is 27.2 Å². The molecule has 0 spiro atoms. The SMILES string of the molecule is CCOC(=O)C(=O)CC(=O)NC(C)(C)CN=O. The lowest BCUT2D eigenvalue weighted by Crippen LogP contribution is -2.46. The third kappa shape index (κ3) is 6.39. The average molecular weight is 244 g/mol. The molecule has 7 heteroatoms. The summed E-state index contributed by atoms with van der Waals surface area (Å²) in [6.07, 6.45) is -0.596. The van der Waals surface area contributed by atoms with Crippen LogP contribution in [-0.4, -0.2) is 36.4 Å². The Labute approximate surface area is 98.9 Å². The van der Waals surface area contributed by atoms with Crippen LogP contribution in [0, 0.1) is 4.91 Å². The number of ether oxygens (including phenoxy) is 1. The predicted molar refractivity (Wildman–Crippen MR) is 59.1 cm³/mol. The molecule has 0 aromatic rings. The second kappa shape index (κ2) is 6.72. The predicted octanol–water partition coefficient (Wildman–Crippen LogP) is 0.170. The smallest absolute Gasteiger partial charge is 0.375 e. The van der Waals surface area contributed by atoms with Gasteiger partial charge in [-0.15, -0.1) is 0 Å². The molecule has 0 aromatic carbocycles. The third-order valence-corrected chi connectivity index (χ3v) is 1.76. The van der Waals surface area contributed by atoms with Gasteiger partial charge in [-0.3, -0.25) is 9.59 Å². The van der Waals surface area contributed by atoms with Gasteiger partial charge in [0.05, 0.1) is 18.6 Å². The molecule has 0 radical (unpaired) electrons. The Bertz CT molecular complexity index is 325. The standard InChI is InChI=1S/C10H16N2O5/c1-4-17-9(15)7(13)5-8(14)12-10(2,3)6-11-16/h4-6H2,1-3H3,(H,12,14). The molecule has 1 N–H and O–H groups in total. The maximum absolute atomic E-state index is 11.4. The summed E-state index contributed by atoms with van der Waals surface area (Å²) in [7, 11) is 0. The van der Waals surface area contributed by atoms with Crippen molar-refractivity contribution in [1.82, 2.24) is 5.32 Å². The van der Waals surface area contributed by atoms with Gasteiger partial charge in [0.15, 0.2) is 0 Å². The summed E-state index contributed by atoms with van der Waals surface area (Å²) in [6, 6.07) is 0. The van der Waals surface area contributed by atoms with Gasteiger partial charge < -0.3 is 10.1 Å². The van der Waals surface area contributed by atoms with Gasteiger partial charge in [0.25, 0.3) is 0 Å². The highest BCUT2D eigenvalue weighted by Crippen LogP contribution is 2.03. The summed E-state index contributed by atoms with van der Waals surface area (Å²) in [6.45, 7) is 4.69. The van der Waals surface area contributed by atoms with E-state index >= 15 is 0 Å². The summed E-state index contributed by atoms with van der Waals surface area (Å²) in [4.78, 5) is 43.6. The minimum absolute atomic E-state index is 0.0761. The Balaban J connectivity index is 4.23. The van der Waals surface area contributed by atoms with Crippen molar-refractivity contribution in [3.63, 3.8) is 0 Å². The van der Waals surface area contributed by atoms with Crippen LogP contribution in [0.2, 0.25) is 0 Å². The number of Topliss-reactive ketones (excluding diaryl/α,β-unsaturated/α-hetero) is 1. The van der Waals surface area contributed by atoms with E-state index in [1.54, 1.807) is 20.8 Å². The monoisotopic (exact) mass is 244 g/mol. The number of esters is 1. The van der Waals surface area contributed by atoms with E-state index < -0.39 is 29.6 Å². The van der Waals surface area contributed by atoms with Gasteiger partial charge in [0.1, 0.15) is 6.54 Å². The van der Waals surface area contributed by atoms with E-state index in [2.05, 4.69) is 15.2 Å². The van der Waals surface area contributed by atoms with Gasteiger partial charge in [-0.2, -0.15) is 4.91 Å². The molecule has 17 heavy (non-hydrogen) atoms. The first-order valence-corrected chi connectivity index (χ1v) is 5.12. The number of nitroso groups, excluding NO2 is 1. The second-order valence-corrected chi connectivity index (χ2v) is 4.04. The molecule has 0 aromatic heterocycles. The Morgan fingerprint density at radius 3 is 2.35 bits per heavy atom. The Hall–Kier alpha value is -1.79. The van der Waals surface area contributed by atoms with Crippen LogP contribution in [0.3, 0.4) is 0 Å². The Morgan fingerprint density at radius 1 is 1.29 bits per heavy atom. The first-order chi connectivity index (χ1) is 7.82. The zero-order chi connectivity index (χ0) is 13.5. The average Bonchev–Trinajstić information content (AvgIpc) is 2.16. The third-order valence-electron chi connectivity index (χ3n) is 1.76. The van der Waals surface area contributed by atoms with Crippen LogP contribution in [0.15, 0.2) is 5.18 Å². The number of ketones is 1. The van der Waals surface area contributed by atoms with E-state index in [0.29, 0.717) is 0 Å². The second-order valence-electron chi connectivity index (χ2n) is 4.04. The van der Waals surface area contributed by atoms with Crippen LogP contribution in [0.25, 0.3) is 0 Å². The van der Waals surface area contributed by atoms with E-state index in [9.17, 15) is 19.3 Å². The van der Waals surface area contributed by atoms with Gasteiger partial charge in [0, 0.05) is 0 Å². The highest BCUT2D eigenvalue weighted by molar-refractivity contribution is 6.36. The molecule has 0 aliphatic carbocycles. The fraction of sp³-hybridized carbons (Fsp3) is 0.700. The van der Waals surface area contributed by atoms with Crippen molar-refractivity contribution in [2.24, 2.45) is 5.18 Å². The lowest BCUT2D eigenvalue weighted by Gasteiger charge is -2.22. The molecular formula is C10H16N2O5. The summed E-state index contributed by atoms with van der Waals surface area (Å²) in [5, 5.41) is 5.09. The van der Waals surface area contributed by atoms with Crippen molar-refractivity contribution >= 4 is 17.7 Å². The number of amides is 1. The molecule has 96 valence electrons. The fourth-order valence-corrected chi connectivity index (χ4v) is 1.05. The molecule has 0 aliphatic heterocycles. The number of hydrogen-bond acceptors (Lipinski definition) is 6. The van der Waals surface area contributed by atoms with Gasteiger partial charge in [-0.05, 0) is 20.8 Å². The van der Waals surface area contributed by atoms with Gasteiger partial charge in [-0.25, -0.2) is 4.79 Å². The molecule has 0 heterocycles. The number of carbonyl (C=O) groups excluding carboxylic acids is 3. The van der Waals surface area contributed by atoms with Crippen LogP contribution < -0.4 is 5.32 Å². The number of nitrogens with zero attached hydrogens (tertiary/aromatic N) is 1. The molecule has 0 bridgehead atoms. The van der Waals surface area contributed by atoms with Crippen LogP contribution >= 0.6 is 0 Å².